The van der Waals surface area contributed by atoms with Crippen molar-refractivity contribution in [2.45, 2.75) is 24.8 Å². The van der Waals surface area contributed by atoms with Gasteiger partial charge in [0.15, 0.2) is 0 Å². The van der Waals surface area contributed by atoms with Gasteiger partial charge < -0.3 is 9.87 Å². The van der Waals surface area contributed by atoms with Crippen LogP contribution in [0.2, 0.25) is 0 Å². The molecular formula is C15H16NNaO3S. The Hall–Kier alpha value is -0.850. The van der Waals surface area contributed by atoms with Gasteiger partial charge in [0.25, 0.3) is 0 Å². The summed E-state index contributed by atoms with van der Waals surface area (Å²) in [5.74, 6) is 0. The maximum atomic E-state index is 11.0. The molecule has 0 bridgehead atoms. The van der Waals surface area contributed by atoms with Gasteiger partial charge in [-0.3, -0.25) is 0 Å². The molecule has 6 heteroatoms. The fourth-order valence-corrected chi connectivity index (χ4v) is 2.55. The van der Waals surface area contributed by atoms with Crippen molar-refractivity contribution in [3.05, 3.63) is 59.7 Å². The smallest absolute Gasteiger partial charge is 0.744 e. The van der Waals surface area contributed by atoms with Gasteiger partial charge >= 0.3 is 29.6 Å². The number of rotatable bonds is 5. The molecule has 0 amide bonds. The Morgan fingerprint density at radius 1 is 1.10 bits per heavy atom. The first-order chi connectivity index (χ1) is 9.50. The maximum absolute atomic E-state index is 11.0. The first-order valence-corrected chi connectivity index (χ1v) is 7.78. The first-order valence-electron chi connectivity index (χ1n) is 6.37. The third-order valence-corrected chi connectivity index (χ3v) is 3.90. The molecule has 0 aromatic heterocycles. The van der Waals surface area contributed by atoms with E-state index in [0.717, 1.165) is 17.7 Å². The van der Waals surface area contributed by atoms with E-state index >= 15 is 0 Å². The summed E-state index contributed by atoms with van der Waals surface area (Å²) in [4.78, 5) is -0.194. The SMILES string of the molecule is CCc1ccccc1NCc1cccc(S(=O)(=O)[O-])c1.[Na+]. The van der Waals surface area contributed by atoms with Crippen molar-refractivity contribution >= 4 is 15.8 Å². The van der Waals surface area contributed by atoms with Gasteiger partial charge in [-0.2, -0.15) is 0 Å². The molecule has 0 saturated heterocycles. The summed E-state index contributed by atoms with van der Waals surface area (Å²) in [6.07, 6.45) is 0.915. The number of hydrogen-bond acceptors (Lipinski definition) is 4. The summed E-state index contributed by atoms with van der Waals surface area (Å²) in [6.45, 7) is 2.55. The van der Waals surface area contributed by atoms with E-state index in [-0.39, 0.29) is 34.5 Å². The quantitative estimate of drug-likeness (QED) is 0.611. The van der Waals surface area contributed by atoms with Crippen molar-refractivity contribution in [1.29, 1.82) is 0 Å². The third kappa shape index (κ3) is 5.13. The van der Waals surface area contributed by atoms with Crippen LogP contribution < -0.4 is 34.9 Å². The number of hydrogen-bond donors (Lipinski definition) is 1. The van der Waals surface area contributed by atoms with Gasteiger partial charge in [-0.1, -0.05) is 37.3 Å². The van der Waals surface area contributed by atoms with Crippen LogP contribution in [-0.4, -0.2) is 13.0 Å². The fourth-order valence-electron chi connectivity index (χ4n) is 2.01. The summed E-state index contributed by atoms with van der Waals surface area (Å²) < 4.78 is 33.0. The van der Waals surface area contributed by atoms with E-state index in [2.05, 4.69) is 12.2 Å². The van der Waals surface area contributed by atoms with Gasteiger partial charge in [0.05, 0.1) is 4.90 Å². The predicted molar refractivity (Wildman–Crippen MR) is 77.6 cm³/mol. The van der Waals surface area contributed by atoms with Crippen LogP contribution in [0, 0.1) is 0 Å². The van der Waals surface area contributed by atoms with E-state index in [0.29, 0.717) is 6.54 Å². The van der Waals surface area contributed by atoms with Gasteiger partial charge in [-0.05, 0) is 35.7 Å². The summed E-state index contributed by atoms with van der Waals surface area (Å²) in [5.41, 5.74) is 2.97. The Morgan fingerprint density at radius 2 is 1.81 bits per heavy atom. The molecule has 21 heavy (non-hydrogen) atoms. The van der Waals surface area contributed by atoms with Crippen molar-refractivity contribution in [2.24, 2.45) is 0 Å². The number of benzene rings is 2. The van der Waals surface area contributed by atoms with Crippen molar-refractivity contribution in [3.8, 4) is 0 Å². The largest absolute Gasteiger partial charge is 1.00 e. The maximum Gasteiger partial charge on any atom is 1.00 e. The predicted octanol–water partition coefficient (Wildman–Crippen LogP) is -0.231. The Bertz CT molecular complexity index is 702. The second kappa shape index (κ2) is 7.96. The molecule has 0 aliphatic carbocycles. The molecule has 0 atom stereocenters. The number of aryl methyl sites for hydroxylation is 1. The Morgan fingerprint density at radius 3 is 2.48 bits per heavy atom. The van der Waals surface area contributed by atoms with Crippen molar-refractivity contribution < 1.29 is 42.5 Å². The van der Waals surface area contributed by atoms with E-state index in [9.17, 15) is 13.0 Å². The average Bonchev–Trinajstić information content (AvgIpc) is 2.45. The Kier molecular flexibility index (Phi) is 6.90. The third-order valence-electron chi connectivity index (χ3n) is 3.07. The van der Waals surface area contributed by atoms with Crippen molar-refractivity contribution in [1.82, 2.24) is 0 Å². The minimum atomic E-state index is -4.40. The Labute approximate surface area is 147 Å². The minimum Gasteiger partial charge on any atom is -0.744 e. The van der Waals surface area contributed by atoms with E-state index in [4.69, 9.17) is 0 Å². The van der Waals surface area contributed by atoms with Gasteiger partial charge in [0.1, 0.15) is 10.1 Å². The molecule has 4 nitrogen and oxygen atoms in total. The van der Waals surface area contributed by atoms with E-state index in [1.807, 2.05) is 24.3 Å². The molecule has 0 heterocycles. The molecule has 0 aliphatic heterocycles. The summed E-state index contributed by atoms with van der Waals surface area (Å²) in [5, 5.41) is 3.26. The van der Waals surface area contributed by atoms with Crippen LogP contribution in [0.1, 0.15) is 18.1 Å². The van der Waals surface area contributed by atoms with Gasteiger partial charge in [-0.15, -0.1) is 0 Å². The number of para-hydroxylation sites is 1. The molecule has 2 aromatic rings. The fraction of sp³-hybridized carbons (Fsp3) is 0.200. The minimum absolute atomic E-state index is 0. The van der Waals surface area contributed by atoms with Gasteiger partial charge in [-0.25, -0.2) is 8.42 Å². The van der Waals surface area contributed by atoms with Crippen LogP contribution in [0.25, 0.3) is 0 Å². The second-order valence-electron chi connectivity index (χ2n) is 4.47. The first kappa shape index (κ1) is 18.2. The van der Waals surface area contributed by atoms with Crippen LogP contribution in [0.15, 0.2) is 53.4 Å². The summed E-state index contributed by atoms with van der Waals surface area (Å²) in [6, 6.07) is 14.0. The molecule has 0 spiro atoms. The molecule has 2 rings (SSSR count). The van der Waals surface area contributed by atoms with E-state index in [1.54, 1.807) is 12.1 Å². The monoisotopic (exact) mass is 313 g/mol. The zero-order valence-electron chi connectivity index (χ0n) is 12.2. The van der Waals surface area contributed by atoms with Crippen LogP contribution >= 0.6 is 0 Å². The van der Waals surface area contributed by atoms with Crippen LogP contribution in [0.4, 0.5) is 5.69 Å². The molecule has 0 unspecified atom stereocenters. The average molecular weight is 313 g/mol. The van der Waals surface area contributed by atoms with Crippen molar-refractivity contribution in [2.75, 3.05) is 5.32 Å². The molecular weight excluding hydrogens is 297 g/mol. The standard InChI is InChI=1S/C15H17NO3S.Na/c1-2-13-7-3-4-9-15(13)16-11-12-6-5-8-14(10-12)20(17,18)19;/h3-10,16H,2,11H2,1H3,(H,17,18,19);/q;+1/p-1. The van der Waals surface area contributed by atoms with Gasteiger partial charge in [0.2, 0.25) is 0 Å². The molecule has 0 radical (unpaired) electrons. The number of anilines is 1. The normalized spacial score (nSPS) is 10.8. The topological polar surface area (TPSA) is 69.2 Å². The van der Waals surface area contributed by atoms with Crippen LogP contribution in [-0.2, 0) is 23.1 Å². The van der Waals surface area contributed by atoms with Gasteiger partial charge in [0, 0.05) is 12.2 Å². The molecule has 1 N–H and O–H groups in total. The molecule has 0 aliphatic rings. The van der Waals surface area contributed by atoms with E-state index in [1.165, 1.54) is 17.7 Å². The zero-order chi connectivity index (χ0) is 14.6. The van der Waals surface area contributed by atoms with E-state index < -0.39 is 10.1 Å². The second-order valence-corrected chi connectivity index (χ2v) is 5.85. The van der Waals surface area contributed by atoms with Crippen LogP contribution in [0.3, 0.4) is 0 Å². The Balaban J connectivity index is 0.00000220. The number of nitrogens with one attached hydrogen (secondary N) is 1. The molecule has 106 valence electrons. The summed E-state index contributed by atoms with van der Waals surface area (Å²) in [7, 11) is -4.40. The molecule has 0 fully saturated rings. The van der Waals surface area contributed by atoms with Crippen LogP contribution in [0.5, 0.6) is 0 Å². The summed E-state index contributed by atoms with van der Waals surface area (Å²) >= 11 is 0. The zero-order valence-corrected chi connectivity index (χ0v) is 15.0. The molecule has 2 aromatic carbocycles. The van der Waals surface area contributed by atoms with Crippen molar-refractivity contribution in [3.63, 3.8) is 0 Å². The molecule has 0 saturated carbocycles.